The van der Waals surface area contributed by atoms with Gasteiger partial charge in [-0.3, -0.25) is 4.98 Å². The summed E-state index contributed by atoms with van der Waals surface area (Å²) in [4.78, 5) is 4.27. The number of hydrogen-bond acceptors (Lipinski definition) is 2. The molecule has 0 radical (unpaired) electrons. The number of rotatable bonds is 4. The van der Waals surface area contributed by atoms with Crippen LogP contribution in [0.2, 0.25) is 0 Å². The lowest BCUT2D eigenvalue weighted by Gasteiger charge is -2.23. The molecule has 2 aromatic rings. The van der Waals surface area contributed by atoms with Gasteiger partial charge in [0.25, 0.3) is 0 Å². The van der Waals surface area contributed by atoms with Crippen molar-refractivity contribution in [3.05, 3.63) is 42.2 Å². The third-order valence-corrected chi connectivity index (χ3v) is 4.63. The second-order valence-electron chi connectivity index (χ2n) is 6.05. The molecule has 2 nitrogen and oxygen atoms in total. The molecule has 1 aliphatic carbocycles. The molecule has 20 heavy (non-hydrogen) atoms. The normalized spacial score (nSPS) is 18.2. The zero-order valence-corrected chi connectivity index (χ0v) is 12.0. The zero-order chi connectivity index (χ0) is 13.8. The highest BCUT2D eigenvalue weighted by Crippen LogP contribution is 2.32. The van der Waals surface area contributed by atoms with Crippen molar-refractivity contribution >= 4 is 10.8 Å². The zero-order valence-electron chi connectivity index (χ0n) is 12.0. The molecular weight excluding hydrogens is 246 g/mol. The highest BCUT2D eigenvalue weighted by molar-refractivity contribution is 5.84. The number of pyridine rings is 1. The van der Waals surface area contributed by atoms with Crippen molar-refractivity contribution in [2.45, 2.75) is 51.0 Å². The molecule has 1 aromatic heterocycles. The van der Waals surface area contributed by atoms with Crippen LogP contribution in [0.4, 0.5) is 0 Å². The Hall–Kier alpha value is -1.41. The molecule has 0 aliphatic heterocycles. The van der Waals surface area contributed by atoms with Gasteiger partial charge < -0.3 is 5.11 Å². The Bertz CT molecular complexity index is 555. The van der Waals surface area contributed by atoms with Gasteiger partial charge in [0.2, 0.25) is 0 Å². The van der Waals surface area contributed by atoms with Crippen LogP contribution in [0, 0.1) is 5.92 Å². The van der Waals surface area contributed by atoms with Gasteiger partial charge in [0.15, 0.2) is 0 Å². The van der Waals surface area contributed by atoms with Crippen molar-refractivity contribution in [3.8, 4) is 0 Å². The number of aromatic nitrogens is 1. The van der Waals surface area contributed by atoms with E-state index >= 15 is 0 Å². The Kier molecular flexibility index (Phi) is 4.31. The topological polar surface area (TPSA) is 33.1 Å². The van der Waals surface area contributed by atoms with Gasteiger partial charge in [-0.05, 0) is 24.1 Å². The van der Waals surface area contributed by atoms with Gasteiger partial charge in [-0.15, -0.1) is 0 Å². The van der Waals surface area contributed by atoms with E-state index in [9.17, 15) is 5.11 Å². The van der Waals surface area contributed by atoms with E-state index in [0.29, 0.717) is 0 Å². The molecule has 1 atom stereocenters. The van der Waals surface area contributed by atoms with Gasteiger partial charge >= 0.3 is 0 Å². The molecule has 1 N–H and O–H groups in total. The number of nitrogens with zero attached hydrogens (tertiary/aromatic N) is 1. The first-order chi connectivity index (χ1) is 9.84. The molecule has 0 amide bonds. The van der Waals surface area contributed by atoms with Gasteiger partial charge in [0, 0.05) is 23.3 Å². The summed E-state index contributed by atoms with van der Waals surface area (Å²) in [6.45, 7) is 0. The van der Waals surface area contributed by atoms with Crippen molar-refractivity contribution in [2.75, 3.05) is 0 Å². The van der Waals surface area contributed by atoms with Gasteiger partial charge in [-0.1, -0.05) is 56.4 Å². The largest absolute Gasteiger partial charge is 0.388 e. The smallest absolute Gasteiger partial charge is 0.0811 e. The second-order valence-corrected chi connectivity index (χ2v) is 6.05. The number of benzene rings is 1. The maximum Gasteiger partial charge on any atom is 0.0811 e. The molecule has 0 saturated heterocycles. The van der Waals surface area contributed by atoms with Crippen LogP contribution in [0.3, 0.4) is 0 Å². The lowest BCUT2D eigenvalue weighted by Crippen LogP contribution is -2.08. The van der Waals surface area contributed by atoms with Crippen LogP contribution in [0.5, 0.6) is 0 Å². The fourth-order valence-electron chi connectivity index (χ4n) is 3.43. The van der Waals surface area contributed by atoms with Crippen LogP contribution in [-0.4, -0.2) is 10.1 Å². The van der Waals surface area contributed by atoms with Crippen LogP contribution in [0.1, 0.15) is 56.6 Å². The molecule has 0 bridgehead atoms. The van der Waals surface area contributed by atoms with Gasteiger partial charge in [-0.25, -0.2) is 0 Å². The third kappa shape index (κ3) is 3.01. The molecular formula is C18H23NO. The summed E-state index contributed by atoms with van der Waals surface area (Å²) >= 11 is 0. The van der Waals surface area contributed by atoms with Gasteiger partial charge in [0.1, 0.15) is 0 Å². The molecule has 1 aromatic carbocycles. The summed E-state index contributed by atoms with van der Waals surface area (Å²) < 4.78 is 0. The Balaban J connectivity index is 1.70. The lowest BCUT2D eigenvalue weighted by molar-refractivity contribution is 0.152. The van der Waals surface area contributed by atoms with Crippen LogP contribution >= 0.6 is 0 Å². The third-order valence-electron chi connectivity index (χ3n) is 4.63. The lowest BCUT2D eigenvalue weighted by atomic mass is 9.85. The molecule has 1 heterocycles. The fraction of sp³-hybridized carbons (Fsp3) is 0.500. The highest BCUT2D eigenvalue weighted by atomic mass is 16.3. The van der Waals surface area contributed by atoms with Crippen molar-refractivity contribution in [1.29, 1.82) is 0 Å². The second kappa shape index (κ2) is 6.36. The van der Waals surface area contributed by atoms with Crippen LogP contribution in [-0.2, 0) is 0 Å². The van der Waals surface area contributed by atoms with E-state index in [2.05, 4.69) is 17.1 Å². The number of fused-ring (bicyclic) bond motifs is 1. The maximum atomic E-state index is 10.5. The number of hydrogen-bond donors (Lipinski definition) is 1. The Morgan fingerprint density at radius 3 is 2.75 bits per heavy atom. The fourth-order valence-corrected chi connectivity index (χ4v) is 3.43. The minimum Gasteiger partial charge on any atom is -0.388 e. The molecule has 1 fully saturated rings. The van der Waals surface area contributed by atoms with E-state index in [1.54, 1.807) is 0 Å². The van der Waals surface area contributed by atoms with E-state index in [4.69, 9.17) is 0 Å². The summed E-state index contributed by atoms with van der Waals surface area (Å²) in [6, 6.07) is 8.18. The maximum absolute atomic E-state index is 10.5. The van der Waals surface area contributed by atoms with Crippen LogP contribution in [0.15, 0.2) is 36.7 Å². The summed E-state index contributed by atoms with van der Waals surface area (Å²) in [7, 11) is 0. The first-order valence-electron chi connectivity index (χ1n) is 7.85. The molecule has 3 rings (SSSR count). The Morgan fingerprint density at radius 2 is 1.90 bits per heavy atom. The quantitative estimate of drug-likeness (QED) is 0.878. The summed E-state index contributed by atoms with van der Waals surface area (Å²) in [6.07, 6.45) is 12.2. The average molecular weight is 269 g/mol. The van der Waals surface area contributed by atoms with E-state index in [1.807, 2.05) is 24.5 Å². The highest BCUT2D eigenvalue weighted by Gasteiger charge is 2.17. The Morgan fingerprint density at radius 1 is 1.10 bits per heavy atom. The first-order valence-corrected chi connectivity index (χ1v) is 7.85. The standard InChI is InChI=1S/C18H23NO/c20-18(11-10-14-6-2-1-3-7-14)17-13-19-12-15-8-4-5-9-16(15)17/h4-5,8-9,12-14,18,20H,1-3,6-7,10-11H2. The summed E-state index contributed by atoms with van der Waals surface area (Å²) in [5.74, 6) is 0.821. The minimum atomic E-state index is -0.379. The minimum absolute atomic E-state index is 0.379. The Labute approximate surface area is 120 Å². The predicted molar refractivity (Wildman–Crippen MR) is 82.5 cm³/mol. The molecule has 2 heteroatoms. The van der Waals surface area contributed by atoms with E-state index in [-0.39, 0.29) is 6.10 Å². The monoisotopic (exact) mass is 269 g/mol. The number of aliphatic hydroxyl groups excluding tert-OH is 1. The molecule has 1 unspecified atom stereocenters. The molecule has 106 valence electrons. The predicted octanol–water partition coefficient (Wildman–Crippen LogP) is 4.63. The van der Waals surface area contributed by atoms with E-state index in [0.717, 1.165) is 35.1 Å². The van der Waals surface area contributed by atoms with Gasteiger partial charge in [-0.2, -0.15) is 0 Å². The van der Waals surface area contributed by atoms with Crippen LogP contribution < -0.4 is 0 Å². The van der Waals surface area contributed by atoms with Gasteiger partial charge in [0.05, 0.1) is 6.10 Å². The van der Waals surface area contributed by atoms with E-state index in [1.165, 1.54) is 32.1 Å². The molecule has 1 saturated carbocycles. The summed E-state index contributed by atoms with van der Waals surface area (Å²) in [5, 5.41) is 12.8. The van der Waals surface area contributed by atoms with E-state index < -0.39 is 0 Å². The summed E-state index contributed by atoms with van der Waals surface area (Å²) in [5.41, 5.74) is 0.985. The van der Waals surface area contributed by atoms with Crippen molar-refractivity contribution < 1.29 is 5.11 Å². The van der Waals surface area contributed by atoms with Crippen molar-refractivity contribution in [3.63, 3.8) is 0 Å². The van der Waals surface area contributed by atoms with Crippen molar-refractivity contribution in [1.82, 2.24) is 4.98 Å². The SMILES string of the molecule is OC(CCC1CCCCC1)c1cncc2ccccc12. The number of aliphatic hydroxyl groups is 1. The van der Waals surface area contributed by atoms with Crippen LogP contribution in [0.25, 0.3) is 10.8 Å². The molecule has 1 aliphatic rings. The molecule has 0 spiro atoms. The average Bonchev–Trinajstić information content (AvgIpc) is 2.53. The van der Waals surface area contributed by atoms with Crippen molar-refractivity contribution in [2.24, 2.45) is 5.92 Å². The first kappa shape index (κ1) is 13.6.